The Morgan fingerprint density at radius 2 is 0.962 bits per heavy atom. The molecule has 0 bridgehead atoms. The lowest BCUT2D eigenvalue weighted by Crippen LogP contribution is -2.00. The van der Waals surface area contributed by atoms with Crippen LogP contribution in [0.25, 0.3) is 22.3 Å². The Morgan fingerprint density at radius 1 is 0.615 bits per heavy atom. The number of carbonyl (C=O) groups is 2. The molecule has 3 aromatic rings. The maximum Gasteiger partial charge on any atom is 0.336 e. The third-order valence-corrected chi connectivity index (χ3v) is 4.92. The molecule has 0 unspecified atom stereocenters. The third-order valence-electron chi connectivity index (χ3n) is 3.93. The van der Waals surface area contributed by atoms with Crippen molar-refractivity contribution in [2.45, 2.75) is 0 Å². The smallest absolute Gasteiger partial charge is 0.336 e. The first-order chi connectivity index (χ1) is 12.4. The van der Waals surface area contributed by atoms with E-state index in [-0.39, 0.29) is 11.1 Å². The summed E-state index contributed by atoms with van der Waals surface area (Å²) in [5.74, 6) is -2.01. The summed E-state index contributed by atoms with van der Waals surface area (Å²) in [7, 11) is 0. The lowest BCUT2D eigenvalue weighted by Gasteiger charge is -2.10. The highest BCUT2D eigenvalue weighted by Crippen LogP contribution is 2.32. The molecule has 0 heterocycles. The molecule has 3 aromatic carbocycles. The first kappa shape index (κ1) is 18.4. The highest BCUT2D eigenvalue weighted by Gasteiger charge is 2.15. The standard InChI is InChI=1S/C20H12Br2O4/c21-13-5-7-15(19(23)24)17(9-13)11-1-2-12(4-3-11)18-10-14(22)6-8-16(18)20(25)26/h1-10H,(H,23,24)(H,25,26). The summed E-state index contributed by atoms with van der Waals surface area (Å²) in [6, 6.07) is 17.1. The summed E-state index contributed by atoms with van der Waals surface area (Å²) in [6.45, 7) is 0. The molecule has 0 fully saturated rings. The van der Waals surface area contributed by atoms with Crippen LogP contribution in [0, 0.1) is 0 Å². The van der Waals surface area contributed by atoms with Gasteiger partial charge in [-0.1, -0.05) is 56.1 Å². The molecule has 130 valence electrons. The van der Waals surface area contributed by atoms with Crippen molar-refractivity contribution in [3.63, 3.8) is 0 Å². The number of carboxylic acids is 2. The molecule has 0 saturated heterocycles. The van der Waals surface area contributed by atoms with Crippen LogP contribution in [0.4, 0.5) is 0 Å². The maximum atomic E-state index is 11.5. The van der Waals surface area contributed by atoms with Gasteiger partial charge in [-0.05, 0) is 58.7 Å². The van der Waals surface area contributed by atoms with Crippen molar-refractivity contribution < 1.29 is 19.8 Å². The zero-order valence-electron chi connectivity index (χ0n) is 13.2. The Hall–Kier alpha value is -2.44. The van der Waals surface area contributed by atoms with Gasteiger partial charge in [-0.2, -0.15) is 0 Å². The van der Waals surface area contributed by atoms with Crippen LogP contribution in [-0.4, -0.2) is 22.2 Å². The van der Waals surface area contributed by atoms with Gasteiger partial charge in [0, 0.05) is 8.95 Å². The van der Waals surface area contributed by atoms with E-state index in [2.05, 4.69) is 31.9 Å². The van der Waals surface area contributed by atoms with E-state index in [9.17, 15) is 19.8 Å². The van der Waals surface area contributed by atoms with E-state index in [1.165, 1.54) is 0 Å². The normalized spacial score (nSPS) is 10.5. The van der Waals surface area contributed by atoms with Gasteiger partial charge in [0.05, 0.1) is 11.1 Å². The summed E-state index contributed by atoms with van der Waals surface area (Å²) >= 11 is 6.73. The fourth-order valence-electron chi connectivity index (χ4n) is 2.71. The second-order valence-corrected chi connectivity index (χ2v) is 7.40. The van der Waals surface area contributed by atoms with Crippen LogP contribution < -0.4 is 0 Å². The molecule has 0 aromatic heterocycles. The van der Waals surface area contributed by atoms with Gasteiger partial charge in [0.1, 0.15) is 0 Å². The van der Waals surface area contributed by atoms with Crippen LogP contribution in [0.15, 0.2) is 69.6 Å². The highest BCUT2D eigenvalue weighted by atomic mass is 79.9. The fourth-order valence-corrected chi connectivity index (χ4v) is 3.44. The highest BCUT2D eigenvalue weighted by molar-refractivity contribution is 9.10. The Bertz CT molecular complexity index is 928. The van der Waals surface area contributed by atoms with Crippen molar-refractivity contribution in [1.82, 2.24) is 0 Å². The monoisotopic (exact) mass is 474 g/mol. The molecular weight excluding hydrogens is 464 g/mol. The Kier molecular flexibility index (Phi) is 5.25. The molecule has 4 nitrogen and oxygen atoms in total. The van der Waals surface area contributed by atoms with E-state index in [0.29, 0.717) is 11.1 Å². The van der Waals surface area contributed by atoms with Crippen LogP contribution in [0.1, 0.15) is 20.7 Å². The zero-order chi connectivity index (χ0) is 18.8. The number of benzene rings is 3. The predicted octanol–water partition coefficient (Wildman–Crippen LogP) is 5.94. The third kappa shape index (κ3) is 3.71. The number of aromatic carboxylic acids is 2. The van der Waals surface area contributed by atoms with Crippen LogP contribution >= 0.6 is 31.9 Å². The van der Waals surface area contributed by atoms with Crippen molar-refractivity contribution in [3.05, 3.63) is 80.7 Å². The van der Waals surface area contributed by atoms with Gasteiger partial charge in [-0.3, -0.25) is 0 Å². The number of rotatable bonds is 4. The Morgan fingerprint density at radius 3 is 1.27 bits per heavy atom. The van der Waals surface area contributed by atoms with Gasteiger partial charge in [0.2, 0.25) is 0 Å². The van der Waals surface area contributed by atoms with Crippen molar-refractivity contribution in [3.8, 4) is 22.3 Å². The lowest BCUT2D eigenvalue weighted by molar-refractivity contribution is 0.0687. The molecule has 0 aliphatic carbocycles. The van der Waals surface area contributed by atoms with Gasteiger partial charge in [0.15, 0.2) is 0 Å². The Balaban J connectivity index is 2.09. The first-order valence-corrected chi connectivity index (χ1v) is 9.12. The number of hydrogen-bond donors (Lipinski definition) is 2. The SMILES string of the molecule is O=C(O)c1ccc(Br)cc1-c1ccc(-c2cc(Br)ccc2C(=O)O)cc1. The number of hydrogen-bond acceptors (Lipinski definition) is 2. The van der Waals surface area contributed by atoms with Crippen LogP contribution in [-0.2, 0) is 0 Å². The molecule has 3 rings (SSSR count). The largest absolute Gasteiger partial charge is 0.478 e. The molecule has 6 heteroatoms. The zero-order valence-corrected chi connectivity index (χ0v) is 16.4. The minimum Gasteiger partial charge on any atom is -0.478 e. The van der Waals surface area contributed by atoms with E-state index in [1.54, 1.807) is 60.7 Å². The minimum absolute atomic E-state index is 0.203. The van der Waals surface area contributed by atoms with E-state index in [1.807, 2.05) is 0 Å². The van der Waals surface area contributed by atoms with E-state index in [4.69, 9.17) is 0 Å². The van der Waals surface area contributed by atoms with E-state index >= 15 is 0 Å². The summed E-state index contributed by atoms with van der Waals surface area (Å²) in [6.07, 6.45) is 0. The quantitative estimate of drug-likeness (QED) is 0.489. The van der Waals surface area contributed by atoms with Gasteiger partial charge in [-0.25, -0.2) is 9.59 Å². The number of carboxylic acid groups (broad SMARTS) is 2. The van der Waals surface area contributed by atoms with Crippen LogP contribution in [0.2, 0.25) is 0 Å². The predicted molar refractivity (Wildman–Crippen MR) is 107 cm³/mol. The molecule has 0 aliphatic rings. The van der Waals surface area contributed by atoms with Crippen LogP contribution in [0.5, 0.6) is 0 Å². The summed E-state index contributed by atoms with van der Waals surface area (Å²) in [5, 5.41) is 18.8. The first-order valence-electron chi connectivity index (χ1n) is 7.53. The molecule has 0 saturated carbocycles. The second-order valence-electron chi connectivity index (χ2n) is 5.57. The van der Waals surface area contributed by atoms with Gasteiger partial charge >= 0.3 is 11.9 Å². The molecule has 0 aliphatic heterocycles. The average Bonchev–Trinajstić information content (AvgIpc) is 2.61. The molecule has 26 heavy (non-hydrogen) atoms. The van der Waals surface area contributed by atoms with Crippen molar-refractivity contribution in [1.29, 1.82) is 0 Å². The van der Waals surface area contributed by atoms with Crippen molar-refractivity contribution in [2.75, 3.05) is 0 Å². The topological polar surface area (TPSA) is 74.6 Å². The summed E-state index contributed by atoms with van der Waals surface area (Å²) in [4.78, 5) is 22.9. The maximum absolute atomic E-state index is 11.5. The molecular formula is C20H12Br2O4. The summed E-state index contributed by atoms with van der Waals surface area (Å²) < 4.78 is 1.56. The molecule has 0 amide bonds. The van der Waals surface area contributed by atoms with E-state index < -0.39 is 11.9 Å². The van der Waals surface area contributed by atoms with Gasteiger partial charge < -0.3 is 10.2 Å². The molecule has 0 atom stereocenters. The van der Waals surface area contributed by atoms with E-state index in [0.717, 1.165) is 20.1 Å². The summed E-state index contributed by atoms with van der Waals surface area (Å²) in [5.41, 5.74) is 3.06. The molecule has 0 spiro atoms. The minimum atomic E-state index is -1.00. The fraction of sp³-hybridized carbons (Fsp3) is 0. The van der Waals surface area contributed by atoms with Gasteiger partial charge in [-0.15, -0.1) is 0 Å². The molecule has 2 N–H and O–H groups in total. The van der Waals surface area contributed by atoms with Crippen molar-refractivity contribution in [2.24, 2.45) is 0 Å². The van der Waals surface area contributed by atoms with Gasteiger partial charge in [0.25, 0.3) is 0 Å². The number of halogens is 2. The Labute approximate surface area is 166 Å². The average molecular weight is 476 g/mol. The lowest BCUT2D eigenvalue weighted by atomic mass is 9.95. The van der Waals surface area contributed by atoms with Crippen LogP contribution in [0.3, 0.4) is 0 Å². The molecule has 0 radical (unpaired) electrons. The second kappa shape index (κ2) is 7.43. The van der Waals surface area contributed by atoms with Crippen molar-refractivity contribution >= 4 is 43.8 Å².